The molecule has 21 heavy (non-hydrogen) atoms. The molecule has 1 aliphatic heterocycles. The fourth-order valence-electron chi connectivity index (χ4n) is 2.53. The Morgan fingerprint density at radius 3 is 2.52 bits per heavy atom. The fraction of sp³-hybridized carbons (Fsp3) is 0.533. The number of ether oxygens (including phenoxy) is 1. The van der Waals surface area contributed by atoms with Crippen molar-refractivity contribution in [1.82, 2.24) is 5.32 Å². The average molecular weight is 301 g/mol. The molecule has 0 spiro atoms. The quantitative estimate of drug-likeness (QED) is 0.868. The van der Waals surface area contributed by atoms with Crippen LogP contribution in [0.4, 0.5) is 13.2 Å². The van der Waals surface area contributed by atoms with Gasteiger partial charge in [-0.05, 0) is 38.9 Å². The minimum atomic E-state index is -4.58. The zero-order valence-electron chi connectivity index (χ0n) is 12.0. The van der Waals surface area contributed by atoms with Crippen LogP contribution in [0.2, 0.25) is 0 Å². The first-order valence-electron chi connectivity index (χ1n) is 6.86. The number of carbonyl (C=O) groups is 1. The summed E-state index contributed by atoms with van der Waals surface area (Å²) in [6.45, 7) is 3.32. The second-order valence-electron chi connectivity index (χ2n) is 5.50. The van der Waals surface area contributed by atoms with Gasteiger partial charge >= 0.3 is 6.18 Å². The van der Waals surface area contributed by atoms with E-state index in [1.165, 1.54) is 12.1 Å². The summed E-state index contributed by atoms with van der Waals surface area (Å²) in [5.74, 6) is -0.718. The highest BCUT2D eigenvalue weighted by Gasteiger charge is 2.61. The summed E-state index contributed by atoms with van der Waals surface area (Å²) in [4.78, 5) is 12.6. The molecule has 1 aromatic rings. The molecular formula is C15H18F3NO2. The lowest BCUT2D eigenvalue weighted by molar-refractivity contribution is -0.197. The van der Waals surface area contributed by atoms with Gasteiger partial charge in [0.1, 0.15) is 11.2 Å². The summed E-state index contributed by atoms with van der Waals surface area (Å²) in [7, 11) is 0. The second kappa shape index (κ2) is 5.67. The molecule has 0 amide bonds. The van der Waals surface area contributed by atoms with Crippen LogP contribution >= 0.6 is 0 Å². The maximum atomic E-state index is 13.4. The van der Waals surface area contributed by atoms with E-state index < -0.39 is 17.4 Å². The molecule has 1 unspecified atom stereocenters. The number of nitrogens with one attached hydrogen (secondary N) is 1. The summed E-state index contributed by atoms with van der Waals surface area (Å²) < 4.78 is 45.8. The van der Waals surface area contributed by atoms with E-state index in [0.717, 1.165) is 0 Å². The first kappa shape index (κ1) is 15.8. The third-order valence-corrected chi connectivity index (χ3v) is 3.63. The van der Waals surface area contributed by atoms with Gasteiger partial charge in [0.25, 0.3) is 0 Å². The maximum absolute atomic E-state index is 13.4. The lowest BCUT2D eigenvalue weighted by Gasteiger charge is -2.30. The Balaban J connectivity index is 2.43. The highest BCUT2D eigenvalue weighted by Crippen LogP contribution is 2.46. The minimum absolute atomic E-state index is 0.00720. The normalized spacial score (nSPS) is 22.6. The first-order chi connectivity index (χ1) is 9.78. The number of rotatable bonds is 4. The van der Waals surface area contributed by atoms with Gasteiger partial charge in [-0.1, -0.05) is 12.1 Å². The monoisotopic (exact) mass is 301 g/mol. The highest BCUT2D eigenvalue weighted by atomic mass is 19.4. The highest BCUT2D eigenvalue weighted by molar-refractivity contribution is 6.03. The SMILES string of the molecule is CC(C)Oc1ccccc1C(=O)C1(C(F)(F)F)CCNC1. The van der Waals surface area contributed by atoms with Crippen molar-refractivity contribution in [3.8, 4) is 5.75 Å². The second-order valence-corrected chi connectivity index (χ2v) is 5.50. The topological polar surface area (TPSA) is 38.3 Å². The molecule has 0 saturated carbocycles. The van der Waals surface area contributed by atoms with Crippen molar-refractivity contribution in [1.29, 1.82) is 0 Å². The Morgan fingerprint density at radius 2 is 2.00 bits per heavy atom. The van der Waals surface area contributed by atoms with Crippen LogP contribution in [0.1, 0.15) is 30.6 Å². The van der Waals surface area contributed by atoms with E-state index >= 15 is 0 Å². The van der Waals surface area contributed by atoms with Crippen molar-refractivity contribution < 1.29 is 22.7 Å². The zero-order chi connectivity index (χ0) is 15.7. The number of para-hydroxylation sites is 1. The number of halogens is 3. The summed E-state index contributed by atoms with van der Waals surface area (Å²) in [6, 6.07) is 6.11. The van der Waals surface area contributed by atoms with Gasteiger partial charge in [-0.25, -0.2) is 0 Å². The van der Waals surface area contributed by atoms with Crippen LogP contribution in [0.3, 0.4) is 0 Å². The predicted molar refractivity (Wildman–Crippen MR) is 72.5 cm³/mol. The van der Waals surface area contributed by atoms with Crippen LogP contribution in [0, 0.1) is 5.41 Å². The molecule has 1 fully saturated rings. The summed E-state index contributed by atoms with van der Waals surface area (Å²) in [5.41, 5.74) is -2.36. The van der Waals surface area contributed by atoms with Gasteiger partial charge in [0, 0.05) is 6.54 Å². The molecule has 1 heterocycles. The molecule has 1 atom stereocenters. The number of benzene rings is 1. The Kier molecular flexibility index (Phi) is 4.27. The molecule has 6 heteroatoms. The first-order valence-corrected chi connectivity index (χ1v) is 6.86. The molecule has 0 radical (unpaired) electrons. The lowest BCUT2D eigenvalue weighted by atomic mass is 9.78. The van der Waals surface area contributed by atoms with Crippen molar-refractivity contribution in [3.63, 3.8) is 0 Å². The van der Waals surface area contributed by atoms with Gasteiger partial charge in [-0.3, -0.25) is 4.79 Å². The standard InChI is InChI=1S/C15H18F3NO2/c1-10(2)21-12-6-4-3-5-11(12)13(20)14(15(16,17)18)7-8-19-9-14/h3-6,10,19H,7-9H2,1-2H3. The van der Waals surface area contributed by atoms with E-state index in [-0.39, 0.29) is 36.9 Å². The summed E-state index contributed by atoms with van der Waals surface area (Å²) in [5, 5.41) is 2.65. The Hall–Kier alpha value is -1.56. The van der Waals surface area contributed by atoms with Gasteiger partial charge in [0.05, 0.1) is 11.7 Å². The van der Waals surface area contributed by atoms with Gasteiger partial charge in [0.15, 0.2) is 5.78 Å². The number of ketones is 1. The van der Waals surface area contributed by atoms with Gasteiger partial charge in [-0.15, -0.1) is 0 Å². The average Bonchev–Trinajstić information content (AvgIpc) is 2.88. The number of alkyl halides is 3. The van der Waals surface area contributed by atoms with Crippen molar-refractivity contribution >= 4 is 5.78 Å². The minimum Gasteiger partial charge on any atom is -0.490 e. The van der Waals surface area contributed by atoms with Crippen molar-refractivity contribution in [2.75, 3.05) is 13.1 Å². The molecule has 0 aliphatic carbocycles. The molecule has 1 aliphatic rings. The van der Waals surface area contributed by atoms with E-state index in [9.17, 15) is 18.0 Å². The predicted octanol–water partition coefficient (Wildman–Crippen LogP) is 3.20. The molecule has 0 aromatic heterocycles. The van der Waals surface area contributed by atoms with E-state index in [1.807, 2.05) is 0 Å². The molecule has 1 saturated heterocycles. The molecule has 2 rings (SSSR count). The Bertz CT molecular complexity index is 520. The third-order valence-electron chi connectivity index (χ3n) is 3.63. The Labute approximate surface area is 121 Å². The van der Waals surface area contributed by atoms with Gasteiger partial charge in [-0.2, -0.15) is 13.2 Å². The van der Waals surface area contributed by atoms with Crippen LogP contribution in [0.5, 0.6) is 5.75 Å². The zero-order valence-corrected chi connectivity index (χ0v) is 12.0. The number of hydrogen-bond donors (Lipinski definition) is 1. The number of carbonyl (C=O) groups excluding carboxylic acids is 1. The van der Waals surface area contributed by atoms with E-state index in [4.69, 9.17) is 4.74 Å². The van der Waals surface area contributed by atoms with E-state index in [1.54, 1.807) is 26.0 Å². The molecule has 1 N–H and O–H groups in total. The number of Topliss-reactive ketones (excluding diaryl/α,β-unsaturated/α-hetero) is 1. The summed E-state index contributed by atoms with van der Waals surface area (Å²) >= 11 is 0. The van der Waals surface area contributed by atoms with Crippen LogP contribution in [-0.2, 0) is 0 Å². The van der Waals surface area contributed by atoms with Crippen LogP contribution in [0.25, 0.3) is 0 Å². The third kappa shape index (κ3) is 2.90. The van der Waals surface area contributed by atoms with Crippen molar-refractivity contribution in [2.24, 2.45) is 5.41 Å². The maximum Gasteiger partial charge on any atom is 0.402 e. The summed E-state index contributed by atoms with van der Waals surface area (Å²) in [6.07, 6.45) is -5.05. The largest absolute Gasteiger partial charge is 0.490 e. The van der Waals surface area contributed by atoms with Gasteiger partial charge in [0.2, 0.25) is 0 Å². The number of hydrogen-bond acceptors (Lipinski definition) is 3. The fourth-order valence-corrected chi connectivity index (χ4v) is 2.53. The molecule has 3 nitrogen and oxygen atoms in total. The van der Waals surface area contributed by atoms with Crippen LogP contribution in [0.15, 0.2) is 24.3 Å². The van der Waals surface area contributed by atoms with E-state index in [0.29, 0.717) is 0 Å². The van der Waals surface area contributed by atoms with Crippen molar-refractivity contribution in [2.45, 2.75) is 32.5 Å². The Morgan fingerprint density at radius 1 is 1.33 bits per heavy atom. The molecular weight excluding hydrogens is 283 g/mol. The van der Waals surface area contributed by atoms with Gasteiger partial charge < -0.3 is 10.1 Å². The van der Waals surface area contributed by atoms with Crippen molar-refractivity contribution in [3.05, 3.63) is 29.8 Å². The lowest BCUT2D eigenvalue weighted by Crippen LogP contribution is -2.46. The van der Waals surface area contributed by atoms with Crippen LogP contribution < -0.4 is 10.1 Å². The molecule has 0 bridgehead atoms. The molecule has 116 valence electrons. The van der Waals surface area contributed by atoms with Crippen LogP contribution in [-0.4, -0.2) is 31.2 Å². The molecule has 1 aromatic carbocycles. The smallest absolute Gasteiger partial charge is 0.402 e. The van der Waals surface area contributed by atoms with E-state index in [2.05, 4.69) is 5.32 Å².